The number of carbonyl (C=O) groups is 1. The minimum atomic E-state index is -0.171. The zero-order valence-corrected chi connectivity index (χ0v) is 7.66. The van der Waals surface area contributed by atoms with Gasteiger partial charge in [0.2, 0.25) is 5.91 Å². The lowest BCUT2D eigenvalue weighted by Crippen LogP contribution is -2.46. The number of carbonyl (C=O) groups excluding carboxylic acids is 1. The molecule has 0 aromatic heterocycles. The molecule has 1 amide bonds. The fourth-order valence-corrected chi connectivity index (χ4v) is 1.65. The predicted molar refractivity (Wildman–Crippen MR) is 49.3 cm³/mol. The molecule has 1 N–H and O–H groups in total. The van der Waals surface area contributed by atoms with Gasteiger partial charge in [-0.3, -0.25) is 4.79 Å². The molecule has 3 heteroatoms. The second-order valence-corrected chi connectivity index (χ2v) is 3.62. The Labute approximate surface area is 78.1 Å². The van der Waals surface area contributed by atoms with Crippen LogP contribution in [0.3, 0.4) is 0 Å². The molecule has 13 heavy (non-hydrogen) atoms. The van der Waals surface area contributed by atoms with E-state index in [9.17, 15) is 4.79 Å². The molecule has 1 fully saturated rings. The average Bonchev–Trinajstić information content (AvgIpc) is 2.02. The largest absolute Gasteiger partial charge is 0.368 e. The van der Waals surface area contributed by atoms with Crippen LogP contribution in [0.5, 0.6) is 0 Å². The van der Waals surface area contributed by atoms with E-state index in [1.807, 2.05) is 0 Å². The molecule has 0 saturated carbocycles. The van der Waals surface area contributed by atoms with E-state index in [-0.39, 0.29) is 18.1 Å². The molecule has 0 aromatic carbocycles. The van der Waals surface area contributed by atoms with E-state index < -0.39 is 0 Å². The smallest absolute Gasteiger partial charge is 0.249 e. The van der Waals surface area contributed by atoms with Gasteiger partial charge in [-0.05, 0) is 19.3 Å². The third-order valence-electron chi connectivity index (χ3n) is 2.57. The first kappa shape index (κ1) is 8.75. The SMILES string of the molecule is O=C(NC1C=CCCC1)C1CCO1. The van der Waals surface area contributed by atoms with E-state index in [1.165, 1.54) is 6.42 Å². The Morgan fingerprint density at radius 2 is 2.31 bits per heavy atom. The molecule has 1 heterocycles. The van der Waals surface area contributed by atoms with Gasteiger partial charge in [0, 0.05) is 12.5 Å². The highest BCUT2D eigenvalue weighted by atomic mass is 16.5. The maximum atomic E-state index is 11.4. The lowest BCUT2D eigenvalue weighted by molar-refractivity contribution is -0.145. The summed E-state index contributed by atoms with van der Waals surface area (Å²) in [5.41, 5.74) is 0. The van der Waals surface area contributed by atoms with Gasteiger partial charge in [-0.2, -0.15) is 0 Å². The number of amides is 1. The number of ether oxygens (including phenoxy) is 1. The van der Waals surface area contributed by atoms with Gasteiger partial charge >= 0.3 is 0 Å². The number of nitrogens with one attached hydrogen (secondary N) is 1. The van der Waals surface area contributed by atoms with Crippen molar-refractivity contribution in [3.63, 3.8) is 0 Å². The van der Waals surface area contributed by atoms with E-state index in [1.54, 1.807) is 0 Å². The maximum Gasteiger partial charge on any atom is 0.249 e. The summed E-state index contributed by atoms with van der Waals surface area (Å²) in [5.74, 6) is 0.0581. The summed E-state index contributed by atoms with van der Waals surface area (Å²) in [6, 6.07) is 0.241. The summed E-state index contributed by atoms with van der Waals surface area (Å²) < 4.78 is 5.10. The van der Waals surface area contributed by atoms with Crippen molar-refractivity contribution in [2.45, 2.75) is 37.8 Å². The fraction of sp³-hybridized carbons (Fsp3) is 0.700. The second-order valence-electron chi connectivity index (χ2n) is 3.62. The highest BCUT2D eigenvalue weighted by Crippen LogP contribution is 2.14. The molecule has 0 bridgehead atoms. The van der Waals surface area contributed by atoms with Crippen LogP contribution >= 0.6 is 0 Å². The molecule has 0 radical (unpaired) electrons. The normalized spacial score (nSPS) is 32.3. The number of hydrogen-bond donors (Lipinski definition) is 1. The summed E-state index contributed by atoms with van der Waals surface area (Å²) in [7, 11) is 0. The van der Waals surface area contributed by atoms with Gasteiger partial charge in [-0.15, -0.1) is 0 Å². The lowest BCUT2D eigenvalue weighted by Gasteiger charge is -2.27. The Morgan fingerprint density at radius 1 is 1.46 bits per heavy atom. The van der Waals surface area contributed by atoms with Crippen molar-refractivity contribution in [2.24, 2.45) is 0 Å². The molecule has 0 spiro atoms. The van der Waals surface area contributed by atoms with Crippen LogP contribution in [0.1, 0.15) is 25.7 Å². The first-order valence-electron chi connectivity index (χ1n) is 4.95. The van der Waals surface area contributed by atoms with Gasteiger partial charge in [0.1, 0.15) is 6.10 Å². The molecule has 1 saturated heterocycles. The highest BCUT2D eigenvalue weighted by Gasteiger charge is 2.27. The Bertz CT molecular complexity index is 221. The third kappa shape index (κ3) is 2.10. The van der Waals surface area contributed by atoms with Crippen LogP contribution in [-0.2, 0) is 9.53 Å². The number of rotatable bonds is 2. The van der Waals surface area contributed by atoms with Crippen LogP contribution in [-0.4, -0.2) is 24.7 Å². The van der Waals surface area contributed by atoms with Crippen LogP contribution in [0.2, 0.25) is 0 Å². The molecule has 3 nitrogen and oxygen atoms in total. The second kappa shape index (κ2) is 3.92. The van der Waals surface area contributed by atoms with Crippen LogP contribution in [0, 0.1) is 0 Å². The Morgan fingerprint density at radius 3 is 2.85 bits per heavy atom. The fourth-order valence-electron chi connectivity index (χ4n) is 1.65. The maximum absolute atomic E-state index is 11.4. The quantitative estimate of drug-likeness (QED) is 0.645. The zero-order valence-electron chi connectivity index (χ0n) is 7.66. The van der Waals surface area contributed by atoms with E-state index in [0.29, 0.717) is 0 Å². The molecule has 1 aliphatic heterocycles. The zero-order chi connectivity index (χ0) is 9.10. The van der Waals surface area contributed by atoms with Crippen molar-refractivity contribution in [3.8, 4) is 0 Å². The van der Waals surface area contributed by atoms with Gasteiger partial charge in [0.25, 0.3) is 0 Å². The number of allylic oxidation sites excluding steroid dienone is 1. The topological polar surface area (TPSA) is 38.3 Å². The molecule has 2 atom stereocenters. The van der Waals surface area contributed by atoms with Crippen LogP contribution in [0.4, 0.5) is 0 Å². The van der Waals surface area contributed by atoms with Gasteiger partial charge < -0.3 is 10.1 Å². The van der Waals surface area contributed by atoms with Crippen molar-refractivity contribution in [1.82, 2.24) is 5.32 Å². The minimum Gasteiger partial charge on any atom is -0.368 e. The van der Waals surface area contributed by atoms with Gasteiger partial charge in [-0.1, -0.05) is 12.2 Å². The first-order valence-corrected chi connectivity index (χ1v) is 4.95. The third-order valence-corrected chi connectivity index (χ3v) is 2.57. The molecule has 0 aromatic rings. The summed E-state index contributed by atoms with van der Waals surface area (Å²) in [6.45, 7) is 0.735. The molecule has 2 rings (SSSR count). The van der Waals surface area contributed by atoms with Gasteiger partial charge in [-0.25, -0.2) is 0 Å². The first-order chi connectivity index (χ1) is 6.36. The molecular formula is C10H15NO2. The van der Waals surface area contributed by atoms with E-state index >= 15 is 0 Å². The van der Waals surface area contributed by atoms with E-state index in [2.05, 4.69) is 17.5 Å². The van der Waals surface area contributed by atoms with Crippen molar-refractivity contribution in [2.75, 3.05) is 6.61 Å². The lowest BCUT2D eigenvalue weighted by atomic mass is 10.0. The minimum absolute atomic E-state index is 0.0581. The van der Waals surface area contributed by atoms with Crippen molar-refractivity contribution in [1.29, 1.82) is 0 Å². The summed E-state index contributed by atoms with van der Waals surface area (Å²) >= 11 is 0. The van der Waals surface area contributed by atoms with E-state index in [4.69, 9.17) is 4.74 Å². The molecule has 2 unspecified atom stereocenters. The van der Waals surface area contributed by atoms with Crippen LogP contribution in [0.25, 0.3) is 0 Å². The standard InChI is InChI=1S/C10H15NO2/c12-10(9-6-7-13-9)11-8-4-2-1-3-5-8/h2,4,8-9H,1,3,5-7H2,(H,11,12). The van der Waals surface area contributed by atoms with Crippen molar-refractivity contribution in [3.05, 3.63) is 12.2 Å². The van der Waals surface area contributed by atoms with Crippen LogP contribution in [0.15, 0.2) is 12.2 Å². The van der Waals surface area contributed by atoms with Crippen molar-refractivity contribution >= 4 is 5.91 Å². The summed E-state index contributed by atoms with van der Waals surface area (Å²) in [5, 5.41) is 2.97. The molecular weight excluding hydrogens is 166 g/mol. The summed E-state index contributed by atoms with van der Waals surface area (Å²) in [4.78, 5) is 11.4. The van der Waals surface area contributed by atoms with Crippen molar-refractivity contribution < 1.29 is 9.53 Å². The Balaban J connectivity index is 1.78. The summed E-state index contributed by atoms with van der Waals surface area (Å²) in [6.07, 6.45) is 8.31. The molecule has 1 aliphatic carbocycles. The number of hydrogen-bond acceptors (Lipinski definition) is 2. The monoisotopic (exact) mass is 181 g/mol. The molecule has 72 valence electrons. The Hall–Kier alpha value is -0.830. The van der Waals surface area contributed by atoms with Gasteiger partial charge in [0.15, 0.2) is 0 Å². The highest BCUT2D eigenvalue weighted by molar-refractivity contribution is 5.81. The molecule has 2 aliphatic rings. The predicted octanol–water partition coefficient (Wildman–Crippen LogP) is 1.00. The van der Waals surface area contributed by atoms with E-state index in [0.717, 1.165) is 25.9 Å². The van der Waals surface area contributed by atoms with Gasteiger partial charge in [0.05, 0.1) is 6.61 Å². The average molecular weight is 181 g/mol. The Kier molecular flexibility index (Phi) is 2.64. The van der Waals surface area contributed by atoms with Crippen LogP contribution < -0.4 is 5.32 Å².